The molecule has 3 aromatic heterocycles. The highest BCUT2D eigenvalue weighted by Crippen LogP contribution is 2.31. The van der Waals surface area contributed by atoms with Crippen LogP contribution in [-0.2, 0) is 11.2 Å². The zero-order valence-electron chi connectivity index (χ0n) is 15.4. The number of pyridine rings is 1. The summed E-state index contributed by atoms with van der Waals surface area (Å²) in [5.74, 6) is -0.973. The summed E-state index contributed by atoms with van der Waals surface area (Å²) in [7, 11) is 1.50. The molecule has 4 aromatic rings. The summed E-state index contributed by atoms with van der Waals surface area (Å²) < 4.78 is 26.5. The number of aromatic nitrogens is 4. The second-order valence-electron chi connectivity index (χ2n) is 6.32. The molecular weight excluding hydrogens is 438 g/mol. The van der Waals surface area contributed by atoms with Crippen LogP contribution in [0.1, 0.15) is 12.0 Å². The average molecular weight is 451 g/mol. The highest BCUT2D eigenvalue weighted by atomic mass is 35.5. The van der Waals surface area contributed by atoms with Crippen LogP contribution in [0.5, 0.6) is 5.75 Å². The summed E-state index contributed by atoms with van der Waals surface area (Å²) in [6, 6.07) is 4.18. The Hall–Kier alpha value is -3.17. The van der Waals surface area contributed by atoms with Crippen LogP contribution in [0, 0.1) is 5.82 Å². The van der Waals surface area contributed by atoms with E-state index < -0.39 is 11.8 Å². The van der Waals surface area contributed by atoms with Crippen LogP contribution < -0.4 is 4.74 Å². The number of carbonyl (C=O) groups is 1. The quantitative estimate of drug-likeness (QED) is 0.460. The fourth-order valence-corrected chi connectivity index (χ4v) is 3.39. The second-order valence-corrected chi connectivity index (χ2v) is 7.14. The van der Waals surface area contributed by atoms with Crippen LogP contribution >= 0.6 is 23.2 Å². The highest BCUT2D eigenvalue weighted by Gasteiger charge is 2.19. The van der Waals surface area contributed by atoms with Crippen LogP contribution in [0.15, 0.2) is 35.1 Å². The summed E-state index contributed by atoms with van der Waals surface area (Å²) in [5, 5.41) is 13.2. The van der Waals surface area contributed by atoms with Crippen molar-refractivity contribution in [1.82, 2.24) is 19.5 Å². The predicted molar refractivity (Wildman–Crippen MR) is 106 cm³/mol. The van der Waals surface area contributed by atoms with Crippen molar-refractivity contribution in [2.45, 2.75) is 12.8 Å². The number of ether oxygens (including phenoxy) is 1. The van der Waals surface area contributed by atoms with Crippen LogP contribution in [0.2, 0.25) is 10.0 Å². The molecule has 154 valence electrons. The lowest BCUT2D eigenvalue weighted by molar-refractivity contribution is -0.136. The van der Waals surface area contributed by atoms with Gasteiger partial charge in [-0.1, -0.05) is 28.4 Å². The summed E-state index contributed by atoms with van der Waals surface area (Å²) in [6.07, 6.45) is 3.09. The molecule has 0 fully saturated rings. The van der Waals surface area contributed by atoms with Gasteiger partial charge in [0.05, 0.1) is 17.2 Å². The van der Waals surface area contributed by atoms with Gasteiger partial charge in [-0.05, 0) is 24.1 Å². The first-order valence-electron chi connectivity index (χ1n) is 8.62. The molecule has 0 saturated heterocycles. The Morgan fingerprint density at radius 1 is 1.23 bits per heavy atom. The van der Waals surface area contributed by atoms with Crippen LogP contribution in [-0.4, -0.2) is 37.7 Å². The Balaban J connectivity index is 1.67. The summed E-state index contributed by atoms with van der Waals surface area (Å²) in [4.78, 5) is 19.4. The molecule has 0 unspecified atom stereocenters. The van der Waals surface area contributed by atoms with E-state index in [1.807, 2.05) is 0 Å². The molecule has 0 bridgehead atoms. The van der Waals surface area contributed by atoms with E-state index in [2.05, 4.69) is 15.1 Å². The molecular formula is C19H13Cl2FN4O4. The predicted octanol–water partition coefficient (Wildman–Crippen LogP) is 4.52. The molecule has 0 atom stereocenters. The van der Waals surface area contributed by atoms with Gasteiger partial charge in [0, 0.05) is 30.4 Å². The molecule has 3 heterocycles. The van der Waals surface area contributed by atoms with Crippen molar-refractivity contribution in [2.75, 3.05) is 7.11 Å². The number of carboxylic acids is 1. The summed E-state index contributed by atoms with van der Waals surface area (Å²) in [5.41, 5.74) is 1.35. The molecule has 0 aliphatic heterocycles. The van der Waals surface area contributed by atoms with Gasteiger partial charge in [-0.2, -0.15) is 4.98 Å². The standard InChI is InChI=1S/C19H13Cl2FN4O4/c1-29-15-6-16-23-14(8-26(16)7-12(15)21)19-24-18(25-30-19)10-5-13(22)9(4-11(10)20)2-3-17(27)28/h4-8H,2-3H2,1H3,(H,27,28). The van der Waals surface area contributed by atoms with Crippen molar-refractivity contribution in [3.8, 4) is 28.7 Å². The maximum Gasteiger partial charge on any atom is 0.303 e. The fourth-order valence-electron chi connectivity index (χ4n) is 2.88. The highest BCUT2D eigenvalue weighted by molar-refractivity contribution is 6.33. The number of hydrogen-bond donors (Lipinski definition) is 1. The van der Waals surface area contributed by atoms with Crippen molar-refractivity contribution < 1.29 is 23.6 Å². The number of imidazole rings is 1. The van der Waals surface area contributed by atoms with Crippen molar-refractivity contribution >= 4 is 34.8 Å². The van der Waals surface area contributed by atoms with Crippen LogP contribution in [0.25, 0.3) is 28.6 Å². The number of aryl methyl sites for hydroxylation is 1. The Kier molecular flexibility index (Phi) is 5.31. The van der Waals surface area contributed by atoms with Crippen LogP contribution in [0.4, 0.5) is 4.39 Å². The largest absolute Gasteiger partial charge is 0.495 e. The molecule has 0 aliphatic rings. The van der Waals surface area contributed by atoms with Gasteiger partial charge >= 0.3 is 5.97 Å². The zero-order valence-corrected chi connectivity index (χ0v) is 16.9. The monoisotopic (exact) mass is 450 g/mol. The summed E-state index contributed by atoms with van der Waals surface area (Å²) >= 11 is 12.4. The second kappa shape index (κ2) is 7.92. The van der Waals surface area contributed by atoms with E-state index in [9.17, 15) is 9.18 Å². The number of carboxylic acid groups (broad SMARTS) is 1. The molecule has 0 spiro atoms. The fraction of sp³-hybridized carbons (Fsp3) is 0.158. The van der Waals surface area contributed by atoms with E-state index in [0.717, 1.165) is 6.07 Å². The third-order valence-corrected chi connectivity index (χ3v) is 4.96. The lowest BCUT2D eigenvalue weighted by atomic mass is 10.1. The SMILES string of the molecule is COc1cc2nc(-c3nc(-c4cc(F)c(CCC(=O)O)cc4Cl)no3)cn2cc1Cl. The molecule has 8 nitrogen and oxygen atoms in total. The molecule has 0 radical (unpaired) electrons. The summed E-state index contributed by atoms with van der Waals surface area (Å²) in [6.45, 7) is 0. The Labute approximate surface area is 178 Å². The molecule has 0 saturated carbocycles. The van der Waals surface area contributed by atoms with Gasteiger partial charge in [0.2, 0.25) is 5.82 Å². The number of halogens is 3. The van der Waals surface area contributed by atoms with Gasteiger partial charge in [0.15, 0.2) is 0 Å². The number of methoxy groups -OCH3 is 1. The Bertz CT molecular complexity index is 1270. The van der Waals surface area contributed by atoms with Crippen molar-refractivity contribution in [2.24, 2.45) is 0 Å². The lowest BCUT2D eigenvalue weighted by Gasteiger charge is -2.05. The number of nitrogens with zero attached hydrogens (tertiary/aromatic N) is 4. The first kappa shape index (κ1) is 20.1. The van der Waals surface area contributed by atoms with Crippen LogP contribution in [0.3, 0.4) is 0 Å². The molecule has 1 N–H and O–H groups in total. The molecule has 30 heavy (non-hydrogen) atoms. The minimum atomic E-state index is -1.02. The van der Waals surface area contributed by atoms with Gasteiger partial charge in [0.25, 0.3) is 5.89 Å². The number of aliphatic carboxylic acids is 1. The van der Waals surface area contributed by atoms with Gasteiger partial charge in [0.1, 0.15) is 22.9 Å². The van der Waals surface area contributed by atoms with E-state index in [4.69, 9.17) is 37.6 Å². The van der Waals surface area contributed by atoms with E-state index in [1.54, 1.807) is 22.9 Å². The average Bonchev–Trinajstić information content (AvgIpc) is 3.34. The third-order valence-electron chi connectivity index (χ3n) is 4.36. The van der Waals surface area contributed by atoms with Gasteiger partial charge < -0.3 is 18.8 Å². The van der Waals surface area contributed by atoms with Crippen molar-refractivity contribution in [3.05, 3.63) is 52.0 Å². The van der Waals surface area contributed by atoms with Gasteiger partial charge in [-0.15, -0.1) is 0 Å². The van der Waals surface area contributed by atoms with Gasteiger partial charge in [-0.3, -0.25) is 4.79 Å². The lowest BCUT2D eigenvalue weighted by Crippen LogP contribution is -2.00. The number of benzene rings is 1. The third kappa shape index (κ3) is 3.81. The minimum Gasteiger partial charge on any atom is -0.495 e. The van der Waals surface area contributed by atoms with E-state index in [1.165, 1.54) is 13.2 Å². The first-order valence-corrected chi connectivity index (χ1v) is 9.37. The van der Waals surface area contributed by atoms with E-state index >= 15 is 0 Å². The van der Waals surface area contributed by atoms with Crippen molar-refractivity contribution in [3.63, 3.8) is 0 Å². The maximum absolute atomic E-state index is 14.4. The first-order chi connectivity index (χ1) is 14.4. The smallest absolute Gasteiger partial charge is 0.303 e. The Morgan fingerprint density at radius 3 is 2.77 bits per heavy atom. The number of fused-ring (bicyclic) bond motifs is 1. The molecule has 4 rings (SSSR count). The van der Waals surface area contributed by atoms with Crippen molar-refractivity contribution in [1.29, 1.82) is 0 Å². The number of rotatable bonds is 6. The topological polar surface area (TPSA) is 103 Å². The zero-order chi connectivity index (χ0) is 21.4. The minimum absolute atomic E-state index is 0.0198. The van der Waals surface area contributed by atoms with E-state index in [-0.39, 0.29) is 40.7 Å². The molecule has 1 aromatic carbocycles. The molecule has 0 amide bonds. The van der Waals surface area contributed by atoms with Gasteiger partial charge in [-0.25, -0.2) is 9.37 Å². The number of hydrogen-bond acceptors (Lipinski definition) is 6. The normalized spacial score (nSPS) is 11.2. The Morgan fingerprint density at radius 2 is 2.03 bits per heavy atom. The molecule has 11 heteroatoms. The maximum atomic E-state index is 14.4. The molecule has 0 aliphatic carbocycles. The van der Waals surface area contributed by atoms with E-state index in [0.29, 0.717) is 22.1 Å².